The van der Waals surface area contributed by atoms with E-state index in [9.17, 15) is 13.2 Å². The van der Waals surface area contributed by atoms with Gasteiger partial charge in [0, 0.05) is 12.6 Å². The van der Waals surface area contributed by atoms with Gasteiger partial charge >= 0.3 is 6.18 Å². The first kappa shape index (κ1) is 18.7. The highest BCUT2D eigenvalue weighted by molar-refractivity contribution is 5.60. The summed E-state index contributed by atoms with van der Waals surface area (Å²) in [4.78, 5) is 4.41. The van der Waals surface area contributed by atoms with Crippen molar-refractivity contribution in [3.63, 3.8) is 0 Å². The van der Waals surface area contributed by atoms with E-state index in [1.54, 1.807) is 17.9 Å². The van der Waals surface area contributed by atoms with Gasteiger partial charge in [0.15, 0.2) is 0 Å². The van der Waals surface area contributed by atoms with Crippen LogP contribution in [0.4, 0.5) is 13.2 Å². The highest BCUT2D eigenvalue weighted by Gasteiger charge is 2.30. The molecule has 29 heavy (non-hydrogen) atoms. The van der Waals surface area contributed by atoms with Crippen molar-refractivity contribution in [2.24, 2.45) is 7.05 Å². The van der Waals surface area contributed by atoms with Gasteiger partial charge in [-0.2, -0.15) is 23.3 Å². The third-order valence-corrected chi connectivity index (χ3v) is 4.31. The fraction of sp³-hybridized carbons (Fsp3) is 0.150. The lowest BCUT2D eigenvalue weighted by Gasteiger charge is -2.10. The molecular weight excluding hydrogens is 385 g/mol. The molecule has 9 heteroatoms. The molecule has 0 atom stereocenters. The summed E-state index contributed by atoms with van der Waals surface area (Å²) < 4.78 is 50.6. The molecule has 0 radical (unpaired) electrons. The number of hydrogen-bond donors (Lipinski definition) is 0. The molecule has 0 fully saturated rings. The standard InChI is InChI=1S/C20H15F3N4O2/c1-27-17(12-28-15-9-7-14(8-10-15)20(21,22)23)16(11-24-27)19-25-18(26-29-19)13-5-3-2-4-6-13/h2-11H,12H2,1H3. The molecular formula is C20H15F3N4O2. The van der Waals surface area contributed by atoms with Gasteiger partial charge in [0.05, 0.1) is 23.0 Å². The summed E-state index contributed by atoms with van der Waals surface area (Å²) in [7, 11) is 1.73. The monoisotopic (exact) mass is 400 g/mol. The van der Waals surface area contributed by atoms with E-state index in [1.165, 1.54) is 12.1 Å². The Balaban J connectivity index is 1.53. The molecule has 2 heterocycles. The van der Waals surface area contributed by atoms with Crippen molar-refractivity contribution in [3.05, 3.63) is 72.1 Å². The molecule has 0 saturated carbocycles. The Morgan fingerprint density at radius 1 is 1.03 bits per heavy atom. The molecule has 0 aliphatic rings. The van der Waals surface area contributed by atoms with Crippen LogP contribution < -0.4 is 4.74 Å². The van der Waals surface area contributed by atoms with Crippen molar-refractivity contribution in [1.82, 2.24) is 19.9 Å². The number of hydrogen-bond acceptors (Lipinski definition) is 5. The fourth-order valence-corrected chi connectivity index (χ4v) is 2.74. The van der Waals surface area contributed by atoms with Crippen LogP contribution in [-0.2, 0) is 19.8 Å². The van der Waals surface area contributed by atoms with E-state index >= 15 is 0 Å². The molecule has 2 aromatic heterocycles. The average molecular weight is 400 g/mol. The normalized spacial score (nSPS) is 11.6. The van der Waals surface area contributed by atoms with Crippen LogP contribution in [0.2, 0.25) is 0 Å². The van der Waals surface area contributed by atoms with E-state index in [-0.39, 0.29) is 12.5 Å². The van der Waals surface area contributed by atoms with E-state index < -0.39 is 11.7 Å². The van der Waals surface area contributed by atoms with Crippen molar-refractivity contribution < 1.29 is 22.4 Å². The quantitative estimate of drug-likeness (QED) is 0.484. The minimum absolute atomic E-state index is 0.0697. The lowest BCUT2D eigenvalue weighted by atomic mass is 10.2. The zero-order valence-corrected chi connectivity index (χ0v) is 15.2. The first-order chi connectivity index (χ1) is 13.9. The minimum Gasteiger partial charge on any atom is -0.487 e. The van der Waals surface area contributed by atoms with Crippen LogP contribution in [0.5, 0.6) is 5.75 Å². The van der Waals surface area contributed by atoms with Gasteiger partial charge in [-0.05, 0) is 24.3 Å². The van der Waals surface area contributed by atoms with E-state index in [0.29, 0.717) is 22.8 Å². The van der Waals surface area contributed by atoms with Crippen LogP contribution in [0.1, 0.15) is 11.3 Å². The van der Waals surface area contributed by atoms with Gasteiger partial charge in [-0.3, -0.25) is 4.68 Å². The second kappa shape index (κ2) is 7.42. The van der Waals surface area contributed by atoms with E-state index in [4.69, 9.17) is 9.26 Å². The Morgan fingerprint density at radius 2 is 1.76 bits per heavy atom. The summed E-state index contributed by atoms with van der Waals surface area (Å²) in [6, 6.07) is 13.9. The van der Waals surface area contributed by atoms with Crippen LogP contribution in [0.25, 0.3) is 22.8 Å². The summed E-state index contributed by atoms with van der Waals surface area (Å²) in [5, 5.41) is 8.19. The number of aryl methyl sites for hydroxylation is 1. The van der Waals surface area contributed by atoms with Crippen LogP contribution in [0.3, 0.4) is 0 Å². The van der Waals surface area contributed by atoms with Crippen LogP contribution in [-0.4, -0.2) is 19.9 Å². The third kappa shape index (κ3) is 3.98. The third-order valence-electron chi connectivity index (χ3n) is 4.31. The molecule has 0 saturated heterocycles. The van der Waals surface area contributed by atoms with Gasteiger partial charge in [0.1, 0.15) is 12.4 Å². The van der Waals surface area contributed by atoms with Gasteiger partial charge in [0.25, 0.3) is 5.89 Å². The van der Waals surface area contributed by atoms with E-state index in [0.717, 1.165) is 17.7 Å². The maximum absolute atomic E-state index is 12.7. The van der Waals surface area contributed by atoms with Crippen molar-refractivity contribution in [2.75, 3.05) is 0 Å². The summed E-state index contributed by atoms with van der Waals surface area (Å²) in [6.45, 7) is 0.0697. The summed E-state index contributed by atoms with van der Waals surface area (Å²) >= 11 is 0. The predicted octanol–water partition coefficient (Wildman–Crippen LogP) is 4.73. The van der Waals surface area contributed by atoms with Gasteiger partial charge in [-0.15, -0.1) is 0 Å². The van der Waals surface area contributed by atoms with E-state index in [2.05, 4.69) is 15.2 Å². The molecule has 4 rings (SSSR count). The van der Waals surface area contributed by atoms with Gasteiger partial charge < -0.3 is 9.26 Å². The van der Waals surface area contributed by atoms with Crippen molar-refractivity contribution >= 4 is 0 Å². The largest absolute Gasteiger partial charge is 0.487 e. The number of ether oxygens (including phenoxy) is 1. The second-order valence-electron chi connectivity index (χ2n) is 6.23. The molecule has 0 amide bonds. The number of rotatable bonds is 5. The minimum atomic E-state index is -4.39. The molecule has 2 aromatic carbocycles. The van der Waals surface area contributed by atoms with Crippen LogP contribution >= 0.6 is 0 Å². The van der Waals surface area contributed by atoms with Gasteiger partial charge in [-0.1, -0.05) is 35.5 Å². The first-order valence-electron chi connectivity index (χ1n) is 8.62. The molecule has 0 aliphatic carbocycles. The maximum Gasteiger partial charge on any atom is 0.416 e. The molecule has 0 bridgehead atoms. The Bertz CT molecular complexity index is 1100. The van der Waals surface area contributed by atoms with Crippen LogP contribution in [0, 0.1) is 0 Å². The highest BCUT2D eigenvalue weighted by Crippen LogP contribution is 2.31. The summed E-state index contributed by atoms with van der Waals surface area (Å²) in [5.41, 5.74) is 1.32. The Kier molecular flexibility index (Phi) is 4.79. The number of nitrogens with zero attached hydrogens (tertiary/aromatic N) is 4. The van der Waals surface area contributed by atoms with Gasteiger partial charge in [-0.25, -0.2) is 0 Å². The smallest absolute Gasteiger partial charge is 0.416 e. The number of alkyl halides is 3. The Hall–Kier alpha value is -3.62. The first-order valence-corrected chi connectivity index (χ1v) is 8.62. The summed E-state index contributed by atoms with van der Waals surface area (Å²) in [5.74, 6) is 1.03. The number of benzene rings is 2. The fourth-order valence-electron chi connectivity index (χ4n) is 2.74. The molecule has 0 spiro atoms. The molecule has 0 aliphatic heterocycles. The predicted molar refractivity (Wildman–Crippen MR) is 97.7 cm³/mol. The highest BCUT2D eigenvalue weighted by atomic mass is 19.4. The summed E-state index contributed by atoms with van der Waals surface area (Å²) in [6.07, 6.45) is -2.81. The van der Waals surface area contributed by atoms with E-state index in [1.807, 2.05) is 30.3 Å². The SMILES string of the molecule is Cn1ncc(-c2nc(-c3ccccc3)no2)c1COc1ccc(C(F)(F)F)cc1. The molecule has 148 valence electrons. The lowest BCUT2D eigenvalue weighted by Crippen LogP contribution is -2.06. The maximum atomic E-state index is 12.7. The van der Waals surface area contributed by atoms with Crippen molar-refractivity contribution in [1.29, 1.82) is 0 Å². The molecule has 0 unspecified atom stereocenters. The zero-order chi connectivity index (χ0) is 20.4. The topological polar surface area (TPSA) is 66.0 Å². The Morgan fingerprint density at radius 3 is 2.45 bits per heavy atom. The molecule has 6 nitrogen and oxygen atoms in total. The van der Waals surface area contributed by atoms with Gasteiger partial charge in [0.2, 0.25) is 5.82 Å². The average Bonchev–Trinajstić information content (AvgIpc) is 3.33. The van der Waals surface area contributed by atoms with Crippen LogP contribution in [0.15, 0.2) is 65.3 Å². The lowest BCUT2D eigenvalue weighted by molar-refractivity contribution is -0.137. The molecule has 4 aromatic rings. The van der Waals surface area contributed by atoms with Crippen molar-refractivity contribution in [2.45, 2.75) is 12.8 Å². The number of halogens is 3. The Labute approximate surface area is 163 Å². The number of aromatic nitrogens is 4. The van der Waals surface area contributed by atoms with Crippen molar-refractivity contribution in [3.8, 4) is 28.6 Å². The zero-order valence-electron chi connectivity index (χ0n) is 15.2. The molecule has 0 N–H and O–H groups in total. The second-order valence-corrected chi connectivity index (χ2v) is 6.23.